The van der Waals surface area contributed by atoms with E-state index in [1.807, 2.05) is 18.2 Å². The molecule has 0 amide bonds. The van der Waals surface area contributed by atoms with Crippen LogP contribution in [0.3, 0.4) is 0 Å². The van der Waals surface area contributed by atoms with Gasteiger partial charge in [-0.05, 0) is 66.7 Å². The molecule has 0 heterocycles. The molecule has 4 atom stereocenters. The number of hydrogen-bond acceptors (Lipinski definition) is 1. The minimum atomic E-state index is 0.756. The third-order valence-corrected chi connectivity index (χ3v) is 5.88. The van der Waals surface area contributed by atoms with Crippen molar-refractivity contribution in [1.82, 2.24) is 5.32 Å². The highest BCUT2D eigenvalue weighted by Crippen LogP contribution is 2.65. The lowest BCUT2D eigenvalue weighted by Gasteiger charge is -2.11. The van der Waals surface area contributed by atoms with Crippen LogP contribution in [0.5, 0.6) is 0 Å². The van der Waals surface area contributed by atoms with Crippen molar-refractivity contribution in [1.29, 1.82) is 0 Å². The molecule has 2 bridgehead atoms. The Balaban J connectivity index is 1.41. The zero-order valence-electron chi connectivity index (χ0n) is 10.2. The van der Waals surface area contributed by atoms with E-state index < -0.39 is 0 Å². The molecule has 3 saturated carbocycles. The Morgan fingerprint density at radius 2 is 1.83 bits per heavy atom. The summed E-state index contributed by atoms with van der Waals surface area (Å²) < 4.78 is 0. The largest absolute Gasteiger partial charge is 0.309 e. The number of nitrogens with one attached hydrogen (secondary N) is 1. The van der Waals surface area contributed by atoms with Crippen LogP contribution in [0, 0.1) is 23.7 Å². The second kappa shape index (κ2) is 4.13. The molecule has 0 saturated heterocycles. The fourth-order valence-electron chi connectivity index (χ4n) is 4.50. The summed E-state index contributed by atoms with van der Waals surface area (Å²) in [4.78, 5) is 0. The van der Waals surface area contributed by atoms with Crippen molar-refractivity contribution < 1.29 is 0 Å². The molecule has 3 fully saturated rings. The van der Waals surface area contributed by atoms with E-state index in [1.165, 1.54) is 19.3 Å². The van der Waals surface area contributed by atoms with Gasteiger partial charge in [0.25, 0.3) is 0 Å². The molecular formula is C15H17Cl2N. The molecule has 4 rings (SSSR count). The van der Waals surface area contributed by atoms with Crippen molar-refractivity contribution in [2.75, 3.05) is 0 Å². The van der Waals surface area contributed by atoms with Crippen LogP contribution in [0.1, 0.15) is 24.8 Å². The third-order valence-electron chi connectivity index (χ3n) is 5.27. The maximum absolute atomic E-state index is 6.19. The Bertz CT molecular complexity index is 471. The first-order valence-corrected chi connectivity index (χ1v) is 7.67. The van der Waals surface area contributed by atoms with Crippen molar-refractivity contribution in [3.8, 4) is 0 Å². The van der Waals surface area contributed by atoms with Crippen LogP contribution in [0.25, 0.3) is 0 Å². The van der Waals surface area contributed by atoms with E-state index in [9.17, 15) is 0 Å². The fraction of sp³-hybridized carbons (Fsp3) is 0.600. The molecule has 1 aromatic carbocycles. The van der Waals surface area contributed by atoms with Crippen LogP contribution in [0.4, 0.5) is 0 Å². The summed E-state index contributed by atoms with van der Waals surface area (Å²) in [6.07, 6.45) is 4.45. The van der Waals surface area contributed by atoms with Gasteiger partial charge in [0.1, 0.15) is 0 Å². The summed E-state index contributed by atoms with van der Waals surface area (Å²) in [5, 5.41) is 5.29. The lowest BCUT2D eigenvalue weighted by molar-refractivity contribution is 0.456. The van der Waals surface area contributed by atoms with Gasteiger partial charge in [-0.2, -0.15) is 0 Å². The predicted molar refractivity (Wildman–Crippen MR) is 74.9 cm³/mol. The molecular weight excluding hydrogens is 265 g/mol. The SMILES string of the molecule is Clc1ccc(Cl)c(CNC2C3C4CCC(C4)C23)c1. The van der Waals surface area contributed by atoms with Gasteiger partial charge in [-0.1, -0.05) is 23.2 Å². The molecule has 1 N–H and O–H groups in total. The van der Waals surface area contributed by atoms with E-state index in [4.69, 9.17) is 23.2 Å². The van der Waals surface area contributed by atoms with E-state index in [2.05, 4.69) is 5.32 Å². The van der Waals surface area contributed by atoms with Gasteiger partial charge >= 0.3 is 0 Å². The van der Waals surface area contributed by atoms with E-state index >= 15 is 0 Å². The monoisotopic (exact) mass is 281 g/mol. The van der Waals surface area contributed by atoms with Crippen LogP contribution in [-0.4, -0.2) is 6.04 Å². The molecule has 18 heavy (non-hydrogen) atoms. The summed E-state index contributed by atoms with van der Waals surface area (Å²) in [5.41, 5.74) is 1.13. The van der Waals surface area contributed by atoms with Gasteiger partial charge in [-0.15, -0.1) is 0 Å². The van der Waals surface area contributed by atoms with Crippen molar-refractivity contribution >= 4 is 23.2 Å². The summed E-state index contributed by atoms with van der Waals surface area (Å²) in [5.74, 6) is 3.99. The molecule has 1 aromatic rings. The Hall–Kier alpha value is -0.240. The summed E-state index contributed by atoms with van der Waals surface area (Å²) in [6.45, 7) is 0.858. The minimum absolute atomic E-state index is 0.756. The van der Waals surface area contributed by atoms with Gasteiger partial charge in [0.2, 0.25) is 0 Å². The standard InChI is InChI=1S/C15H17Cl2N/c16-11-3-4-12(17)10(6-11)7-18-15-13-8-1-2-9(5-8)14(13)15/h3-4,6,8-9,13-15,18H,1-2,5,7H2. The number of hydrogen-bond donors (Lipinski definition) is 1. The third kappa shape index (κ3) is 1.71. The molecule has 96 valence electrons. The Labute approximate surface area is 118 Å². The molecule has 3 aliphatic carbocycles. The van der Waals surface area contributed by atoms with Crippen molar-refractivity contribution in [2.24, 2.45) is 23.7 Å². The minimum Gasteiger partial charge on any atom is -0.309 e. The molecule has 0 aliphatic heterocycles. The first-order valence-electron chi connectivity index (χ1n) is 6.91. The normalized spacial score (nSPS) is 40.0. The van der Waals surface area contributed by atoms with Crippen LogP contribution >= 0.6 is 23.2 Å². The van der Waals surface area contributed by atoms with Gasteiger partial charge in [0, 0.05) is 22.6 Å². The van der Waals surface area contributed by atoms with Crippen LogP contribution in [0.15, 0.2) is 18.2 Å². The average Bonchev–Trinajstić information content (AvgIpc) is 2.76. The van der Waals surface area contributed by atoms with Gasteiger partial charge in [0.15, 0.2) is 0 Å². The van der Waals surface area contributed by atoms with Crippen molar-refractivity contribution in [2.45, 2.75) is 31.8 Å². The van der Waals surface area contributed by atoms with Gasteiger partial charge < -0.3 is 5.32 Å². The topological polar surface area (TPSA) is 12.0 Å². The van der Waals surface area contributed by atoms with Crippen molar-refractivity contribution in [3.05, 3.63) is 33.8 Å². The average molecular weight is 282 g/mol. The quantitative estimate of drug-likeness (QED) is 0.879. The molecule has 3 heteroatoms. The van der Waals surface area contributed by atoms with E-state index in [1.54, 1.807) is 0 Å². The first kappa shape index (κ1) is 11.6. The van der Waals surface area contributed by atoms with Gasteiger partial charge in [-0.3, -0.25) is 0 Å². The number of benzene rings is 1. The fourth-order valence-corrected chi connectivity index (χ4v) is 4.88. The van der Waals surface area contributed by atoms with Crippen LogP contribution in [-0.2, 0) is 6.54 Å². The summed E-state index contributed by atoms with van der Waals surface area (Å²) in [7, 11) is 0. The lowest BCUT2D eigenvalue weighted by atomic mass is 10.0. The number of fused-ring (bicyclic) bond motifs is 5. The molecule has 4 unspecified atom stereocenters. The maximum atomic E-state index is 6.19. The van der Waals surface area contributed by atoms with E-state index in [0.29, 0.717) is 0 Å². The zero-order valence-corrected chi connectivity index (χ0v) is 11.7. The Kier molecular flexibility index (Phi) is 2.65. The summed E-state index contributed by atoms with van der Waals surface area (Å²) in [6, 6.07) is 6.47. The van der Waals surface area contributed by atoms with E-state index in [0.717, 1.165) is 51.9 Å². The molecule has 0 spiro atoms. The number of rotatable bonds is 3. The van der Waals surface area contributed by atoms with Gasteiger partial charge in [-0.25, -0.2) is 0 Å². The second-order valence-electron chi connectivity index (χ2n) is 6.13. The molecule has 0 radical (unpaired) electrons. The lowest BCUT2D eigenvalue weighted by Crippen LogP contribution is -2.22. The highest BCUT2D eigenvalue weighted by molar-refractivity contribution is 6.33. The second-order valence-corrected chi connectivity index (χ2v) is 6.97. The predicted octanol–water partition coefficient (Wildman–Crippen LogP) is 4.13. The van der Waals surface area contributed by atoms with Crippen molar-refractivity contribution in [3.63, 3.8) is 0 Å². The van der Waals surface area contributed by atoms with Crippen LogP contribution < -0.4 is 5.32 Å². The zero-order chi connectivity index (χ0) is 12.3. The first-order chi connectivity index (χ1) is 8.74. The molecule has 0 aromatic heterocycles. The maximum Gasteiger partial charge on any atom is 0.0451 e. The highest BCUT2D eigenvalue weighted by Gasteiger charge is 2.64. The number of halogens is 2. The molecule has 3 aliphatic rings. The smallest absolute Gasteiger partial charge is 0.0451 e. The summed E-state index contributed by atoms with van der Waals surface area (Å²) >= 11 is 12.2. The van der Waals surface area contributed by atoms with Crippen LogP contribution in [0.2, 0.25) is 10.0 Å². The Morgan fingerprint density at radius 1 is 1.11 bits per heavy atom. The highest BCUT2D eigenvalue weighted by atomic mass is 35.5. The Morgan fingerprint density at radius 3 is 2.56 bits per heavy atom. The van der Waals surface area contributed by atoms with Gasteiger partial charge in [0.05, 0.1) is 0 Å². The van der Waals surface area contributed by atoms with E-state index in [-0.39, 0.29) is 0 Å². The molecule has 1 nitrogen and oxygen atoms in total.